The van der Waals surface area contributed by atoms with Crippen LogP contribution in [0.15, 0.2) is 41.9 Å². The Hall–Kier alpha value is -1.81. The summed E-state index contributed by atoms with van der Waals surface area (Å²) in [4.78, 5) is 25.6. The van der Waals surface area contributed by atoms with Crippen LogP contribution in [0.4, 0.5) is 4.79 Å². The van der Waals surface area contributed by atoms with E-state index in [-0.39, 0.29) is 17.5 Å². The molecule has 1 aliphatic heterocycles. The van der Waals surface area contributed by atoms with Crippen LogP contribution in [0.1, 0.15) is 18.9 Å². The highest BCUT2D eigenvalue weighted by atomic mass is 35.5. The lowest BCUT2D eigenvalue weighted by Crippen LogP contribution is -2.43. The molecule has 0 spiro atoms. The number of hydrogen-bond acceptors (Lipinski definition) is 2. The molecule has 1 aromatic carbocycles. The largest absolute Gasteiger partial charge is 0.325 e. The van der Waals surface area contributed by atoms with Gasteiger partial charge in [0.15, 0.2) is 0 Å². The Morgan fingerprint density at radius 2 is 2.00 bits per heavy atom. The fraction of sp³-hybridized carbons (Fsp3) is 0.286. The third-order valence-electron chi connectivity index (χ3n) is 3.30. The number of amides is 3. The van der Waals surface area contributed by atoms with Crippen molar-refractivity contribution < 1.29 is 9.59 Å². The van der Waals surface area contributed by atoms with Crippen molar-refractivity contribution >= 4 is 23.5 Å². The second-order valence-electron chi connectivity index (χ2n) is 4.46. The maximum absolute atomic E-state index is 12.5. The molecule has 1 unspecified atom stereocenters. The molecule has 1 aliphatic rings. The molecule has 0 aromatic heterocycles. The summed E-state index contributed by atoms with van der Waals surface area (Å²) in [5.74, 6) is -0.284. The minimum Gasteiger partial charge on any atom is -0.319 e. The Balaban J connectivity index is 2.41. The van der Waals surface area contributed by atoms with Gasteiger partial charge in [-0.15, -0.1) is 0 Å². The van der Waals surface area contributed by atoms with Gasteiger partial charge >= 0.3 is 6.03 Å². The van der Waals surface area contributed by atoms with E-state index in [1.165, 1.54) is 0 Å². The van der Waals surface area contributed by atoms with Crippen molar-refractivity contribution in [3.8, 4) is 0 Å². The van der Waals surface area contributed by atoms with Crippen molar-refractivity contribution in [2.45, 2.75) is 18.9 Å². The van der Waals surface area contributed by atoms with E-state index in [0.717, 1.165) is 10.5 Å². The summed E-state index contributed by atoms with van der Waals surface area (Å²) >= 11 is 5.70. The van der Waals surface area contributed by atoms with Crippen LogP contribution in [0.5, 0.6) is 0 Å². The van der Waals surface area contributed by atoms with E-state index in [4.69, 9.17) is 11.6 Å². The number of imide groups is 1. The molecule has 0 radical (unpaired) electrons. The molecule has 2 rings (SSSR count). The Bertz CT molecular complexity index is 530. The van der Waals surface area contributed by atoms with Crippen molar-refractivity contribution in [1.29, 1.82) is 0 Å². The number of urea groups is 1. The van der Waals surface area contributed by atoms with Crippen LogP contribution in [-0.2, 0) is 10.3 Å². The zero-order chi connectivity index (χ0) is 14.0. The SMILES string of the molecule is C=C(Cl)CN1C(=O)NC(CC)(c2ccccc2)C1=O. The molecule has 0 saturated carbocycles. The van der Waals surface area contributed by atoms with Crippen molar-refractivity contribution in [1.82, 2.24) is 10.2 Å². The fourth-order valence-corrected chi connectivity index (χ4v) is 2.42. The van der Waals surface area contributed by atoms with Crippen molar-refractivity contribution in [3.05, 3.63) is 47.5 Å². The van der Waals surface area contributed by atoms with Gasteiger partial charge in [-0.05, 0) is 12.0 Å². The van der Waals surface area contributed by atoms with Gasteiger partial charge in [-0.25, -0.2) is 4.79 Å². The number of nitrogens with one attached hydrogen (secondary N) is 1. The molecule has 5 heteroatoms. The van der Waals surface area contributed by atoms with E-state index < -0.39 is 11.6 Å². The second-order valence-corrected chi connectivity index (χ2v) is 5.00. The van der Waals surface area contributed by atoms with Gasteiger partial charge in [0.05, 0.1) is 6.54 Å². The topological polar surface area (TPSA) is 49.4 Å². The second kappa shape index (κ2) is 5.05. The van der Waals surface area contributed by atoms with Crippen LogP contribution in [0, 0.1) is 0 Å². The standard InChI is InChI=1S/C14H15ClN2O2/c1-3-14(11-7-5-4-6-8-11)12(18)17(9-10(2)15)13(19)16-14/h4-8H,2-3,9H2,1H3,(H,16,19). The van der Waals surface area contributed by atoms with Crippen LogP contribution < -0.4 is 5.32 Å². The first kappa shape index (κ1) is 13.6. The molecular weight excluding hydrogens is 264 g/mol. The van der Waals surface area contributed by atoms with Crippen LogP contribution in [-0.4, -0.2) is 23.4 Å². The highest BCUT2D eigenvalue weighted by Gasteiger charge is 2.50. The predicted octanol–water partition coefficient (Wildman–Crippen LogP) is 2.60. The Morgan fingerprint density at radius 3 is 2.53 bits per heavy atom. The van der Waals surface area contributed by atoms with E-state index in [9.17, 15) is 9.59 Å². The first-order valence-corrected chi connectivity index (χ1v) is 6.42. The van der Waals surface area contributed by atoms with Crippen LogP contribution in [0.3, 0.4) is 0 Å². The highest BCUT2D eigenvalue weighted by Crippen LogP contribution is 2.32. The average molecular weight is 279 g/mol. The predicted molar refractivity (Wildman–Crippen MR) is 73.6 cm³/mol. The number of hydrogen-bond donors (Lipinski definition) is 1. The lowest BCUT2D eigenvalue weighted by Gasteiger charge is -2.25. The Kier molecular flexibility index (Phi) is 3.62. The number of halogens is 1. The molecule has 1 heterocycles. The molecule has 4 nitrogen and oxygen atoms in total. The first-order valence-electron chi connectivity index (χ1n) is 6.04. The van der Waals surface area contributed by atoms with Crippen molar-refractivity contribution in [2.75, 3.05) is 6.54 Å². The Morgan fingerprint density at radius 1 is 1.37 bits per heavy atom. The summed E-state index contributed by atoms with van der Waals surface area (Å²) in [6, 6.07) is 8.79. The van der Waals surface area contributed by atoms with Crippen molar-refractivity contribution in [3.63, 3.8) is 0 Å². The Labute approximate surface area is 117 Å². The number of carbonyl (C=O) groups excluding carboxylic acids is 2. The molecule has 1 saturated heterocycles. The lowest BCUT2D eigenvalue weighted by atomic mass is 9.87. The van der Waals surface area contributed by atoms with Gasteiger partial charge in [0.1, 0.15) is 5.54 Å². The molecule has 19 heavy (non-hydrogen) atoms. The summed E-state index contributed by atoms with van der Waals surface area (Å²) in [6.45, 7) is 5.42. The molecule has 3 amide bonds. The van der Waals surface area contributed by atoms with Gasteiger partial charge in [-0.2, -0.15) is 0 Å². The molecule has 1 N–H and O–H groups in total. The van der Waals surface area contributed by atoms with Gasteiger partial charge in [0.2, 0.25) is 0 Å². The molecule has 1 aromatic rings. The summed E-state index contributed by atoms with van der Waals surface area (Å²) in [6.07, 6.45) is 0.479. The number of nitrogens with zero attached hydrogens (tertiary/aromatic N) is 1. The van der Waals surface area contributed by atoms with E-state index in [1.54, 1.807) is 0 Å². The molecule has 1 fully saturated rings. The monoisotopic (exact) mass is 278 g/mol. The van der Waals surface area contributed by atoms with E-state index in [0.29, 0.717) is 6.42 Å². The smallest absolute Gasteiger partial charge is 0.319 e. The zero-order valence-corrected chi connectivity index (χ0v) is 11.4. The van der Waals surface area contributed by atoms with Gasteiger partial charge in [0, 0.05) is 5.03 Å². The van der Waals surface area contributed by atoms with Gasteiger partial charge in [-0.1, -0.05) is 55.4 Å². The average Bonchev–Trinajstić information content (AvgIpc) is 2.64. The number of carbonyl (C=O) groups is 2. The maximum atomic E-state index is 12.5. The number of rotatable bonds is 4. The van der Waals surface area contributed by atoms with Gasteiger partial charge < -0.3 is 5.32 Å². The molecule has 100 valence electrons. The lowest BCUT2D eigenvalue weighted by molar-refractivity contribution is -0.131. The van der Waals surface area contributed by atoms with Gasteiger partial charge in [-0.3, -0.25) is 9.69 Å². The van der Waals surface area contributed by atoms with E-state index >= 15 is 0 Å². The van der Waals surface area contributed by atoms with E-state index in [2.05, 4.69) is 11.9 Å². The molecule has 0 bridgehead atoms. The summed E-state index contributed by atoms with van der Waals surface area (Å²) < 4.78 is 0. The minimum absolute atomic E-state index is 0.0286. The molecule has 0 aliphatic carbocycles. The molecular formula is C14H15ClN2O2. The third-order valence-corrected chi connectivity index (χ3v) is 3.42. The van der Waals surface area contributed by atoms with Crippen LogP contribution in [0.25, 0.3) is 0 Å². The minimum atomic E-state index is -0.995. The van der Waals surface area contributed by atoms with Crippen LogP contribution in [0.2, 0.25) is 0 Å². The fourth-order valence-electron chi connectivity index (χ4n) is 2.30. The van der Waals surface area contributed by atoms with Crippen molar-refractivity contribution in [2.24, 2.45) is 0 Å². The zero-order valence-electron chi connectivity index (χ0n) is 10.6. The summed E-state index contributed by atoms with van der Waals surface area (Å²) in [5, 5.41) is 3.03. The first-order chi connectivity index (χ1) is 9.01. The van der Waals surface area contributed by atoms with E-state index in [1.807, 2.05) is 37.3 Å². The summed E-state index contributed by atoms with van der Waals surface area (Å²) in [7, 11) is 0. The quantitative estimate of drug-likeness (QED) is 0.861. The van der Waals surface area contributed by atoms with Crippen LogP contribution >= 0.6 is 11.6 Å². The number of benzene rings is 1. The highest BCUT2D eigenvalue weighted by molar-refractivity contribution is 6.30. The summed E-state index contributed by atoms with van der Waals surface area (Å²) in [5.41, 5.74) is -0.219. The maximum Gasteiger partial charge on any atom is 0.325 e. The van der Waals surface area contributed by atoms with Gasteiger partial charge in [0.25, 0.3) is 5.91 Å². The third kappa shape index (κ3) is 2.24. The molecule has 1 atom stereocenters. The normalized spacial score (nSPS) is 22.5.